The number of alkyl halides is 3. The number of imide groups is 1. The van der Waals surface area contributed by atoms with Gasteiger partial charge in [0, 0.05) is 17.9 Å². The highest BCUT2D eigenvalue weighted by Gasteiger charge is 2.63. The van der Waals surface area contributed by atoms with E-state index < -0.39 is 74.1 Å². The van der Waals surface area contributed by atoms with Crippen LogP contribution in [0.2, 0.25) is 0 Å². The van der Waals surface area contributed by atoms with Gasteiger partial charge in [-0.2, -0.15) is 0 Å². The molecule has 2 heterocycles. The van der Waals surface area contributed by atoms with Gasteiger partial charge in [-0.25, -0.2) is 14.5 Å². The lowest BCUT2D eigenvalue weighted by Crippen LogP contribution is -2.78. The fourth-order valence-corrected chi connectivity index (χ4v) is 6.20. The summed E-state index contributed by atoms with van der Waals surface area (Å²) in [6, 6.07) is 10.4. The normalized spacial score (nSPS) is 21.2. The quantitative estimate of drug-likeness (QED) is 0.0964. The largest absolute Gasteiger partial charge is 0.484 e. The minimum Gasteiger partial charge on any atom is -0.484 e. The highest BCUT2D eigenvalue weighted by atomic mass is 35.6. The monoisotopic (exact) mass is 673 g/mol. The van der Waals surface area contributed by atoms with Crippen LogP contribution in [-0.4, -0.2) is 83.0 Å². The van der Waals surface area contributed by atoms with Gasteiger partial charge in [-0.15, -0.1) is 0 Å². The zero-order valence-electron chi connectivity index (χ0n) is 21.9. The number of rotatable bonds is 9. The number of ether oxygens (including phenoxy) is 3. The van der Waals surface area contributed by atoms with Crippen molar-refractivity contribution in [2.75, 3.05) is 19.0 Å². The summed E-state index contributed by atoms with van der Waals surface area (Å²) in [5.74, 6) is -2.79. The van der Waals surface area contributed by atoms with Crippen LogP contribution in [0.15, 0.2) is 66.7 Å². The van der Waals surface area contributed by atoms with E-state index in [1.807, 2.05) is 0 Å². The molecule has 0 radical (unpaired) electrons. The summed E-state index contributed by atoms with van der Waals surface area (Å²) in [7, 11) is -1.89. The molecular weight excluding hydrogens is 653 g/mol. The van der Waals surface area contributed by atoms with E-state index in [1.165, 1.54) is 24.3 Å². The third kappa shape index (κ3) is 7.44. The molecule has 4 rings (SSSR count). The molecule has 2 aliphatic heterocycles. The number of β-lactam (4-membered cyclic amide) rings is 1. The lowest BCUT2D eigenvalue weighted by Gasteiger charge is -2.54. The summed E-state index contributed by atoms with van der Waals surface area (Å²) in [6.45, 7) is 2.00. The Kier molecular flexibility index (Phi) is 9.95. The van der Waals surface area contributed by atoms with Crippen molar-refractivity contribution in [3.63, 3.8) is 0 Å². The molecule has 0 N–H and O–H groups in total. The molecule has 2 fully saturated rings. The Labute approximate surface area is 261 Å². The van der Waals surface area contributed by atoms with Gasteiger partial charge in [-0.05, 0) is 35.4 Å². The third-order valence-corrected chi connectivity index (χ3v) is 8.28. The van der Waals surface area contributed by atoms with Crippen molar-refractivity contribution >= 4 is 75.2 Å². The first-order chi connectivity index (χ1) is 20.3. The molecule has 0 spiro atoms. The summed E-state index contributed by atoms with van der Waals surface area (Å²) in [5.41, 5.74) is 0.387. The number of hydrogen-bond donors (Lipinski definition) is 0. The average Bonchev–Trinajstić information content (AvgIpc) is 2.96. The second-order valence-corrected chi connectivity index (χ2v) is 13.3. The van der Waals surface area contributed by atoms with Crippen molar-refractivity contribution in [2.24, 2.45) is 0 Å². The molecule has 2 aromatic rings. The third-order valence-electron chi connectivity index (χ3n) is 6.27. The standard InChI is InChI=1S/C26H22Cl3N3O10S/c1-15-13-43(39)23-21(22(34)31(23)20(15)24(35)41-11-16-7-9-17(10-8-16)32(37)38)30(25(36)42-14-26(27,28)29)19(33)12-40-18-5-3-2-4-6-18/h2-10,20-21,23H,1,11-14H2/t20?,21?,23-,43?/m0/s1. The lowest BCUT2D eigenvalue weighted by molar-refractivity contribution is -0.384. The summed E-state index contributed by atoms with van der Waals surface area (Å²) in [5, 5.41) is 9.55. The van der Waals surface area contributed by atoms with Gasteiger partial charge in [0.1, 0.15) is 24.3 Å². The van der Waals surface area contributed by atoms with Crippen molar-refractivity contribution in [1.82, 2.24) is 9.80 Å². The molecule has 0 bridgehead atoms. The summed E-state index contributed by atoms with van der Waals surface area (Å²) in [6.07, 6.45) is -1.36. The van der Waals surface area contributed by atoms with Crippen LogP contribution in [0, 0.1) is 10.1 Å². The molecule has 3 unspecified atom stereocenters. The maximum absolute atomic E-state index is 13.5. The van der Waals surface area contributed by atoms with Crippen LogP contribution in [0.25, 0.3) is 0 Å². The van der Waals surface area contributed by atoms with Crippen molar-refractivity contribution < 1.29 is 42.5 Å². The first kappa shape index (κ1) is 32.2. The second kappa shape index (κ2) is 13.3. The van der Waals surface area contributed by atoms with Crippen LogP contribution < -0.4 is 4.74 Å². The summed E-state index contributed by atoms with van der Waals surface area (Å²) < 4.78 is 26.9. The first-order valence-electron chi connectivity index (χ1n) is 12.3. The van der Waals surface area contributed by atoms with Crippen LogP contribution in [0.5, 0.6) is 5.75 Å². The van der Waals surface area contributed by atoms with Crippen molar-refractivity contribution in [1.29, 1.82) is 0 Å². The molecule has 17 heteroatoms. The molecule has 2 aliphatic rings. The Morgan fingerprint density at radius 3 is 2.35 bits per heavy atom. The van der Waals surface area contributed by atoms with Crippen molar-refractivity contribution in [2.45, 2.75) is 27.9 Å². The number of carbonyl (C=O) groups is 4. The van der Waals surface area contributed by atoms with Crippen molar-refractivity contribution in [3.8, 4) is 5.75 Å². The van der Waals surface area contributed by atoms with Crippen LogP contribution in [0.1, 0.15) is 5.56 Å². The van der Waals surface area contributed by atoms with Gasteiger partial charge in [-0.1, -0.05) is 59.6 Å². The Bertz CT molecular complexity index is 1470. The van der Waals surface area contributed by atoms with Gasteiger partial charge in [0.2, 0.25) is 3.79 Å². The number of benzene rings is 2. The fourth-order valence-electron chi connectivity index (χ4n) is 4.34. The number of hydrogen-bond acceptors (Lipinski definition) is 10. The molecular formula is C26H22Cl3N3O10S. The Balaban J connectivity index is 1.53. The number of para-hydroxylation sites is 1. The molecule has 0 aliphatic carbocycles. The topological polar surface area (TPSA) is 163 Å². The molecule has 0 aromatic heterocycles. The molecule has 228 valence electrons. The molecule has 2 saturated heterocycles. The number of fused-ring (bicyclic) bond motifs is 1. The number of nitrogens with zero attached hydrogens (tertiary/aromatic N) is 3. The Morgan fingerprint density at radius 1 is 1.09 bits per heavy atom. The van der Waals surface area contributed by atoms with Gasteiger partial charge < -0.3 is 19.1 Å². The predicted octanol–water partition coefficient (Wildman–Crippen LogP) is 3.28. The molecule has 2 aromatic carbocycles. The van der Waals surface area contributed by atoms with E-state index >= 15 is 0 Å². The smallest absolute Gasteiger partial charge is 0.417 e. The maximum atomic E-state index is 13.5. The minimum absolute atomic E-state index is 0.110. The van der Waals surface area contributed by atoms with Gasteiger partial charge in [-0.3, -0.25) is 23.9 Å². The van der Waals surface area contributed by atoms with E-state index in [4.69, 9.17) is 49.0 Å². The van der Waals surface area contributed by atoms with Gasteiger partial charge in [0.25, 0.3) is 17.5 Å². The fraction of sp³-hybridized carbons (Fsp3) is 0.308. The van der Waals surface area contributed by atoms with E-state index in [2.05, 4.69) is 6.58 Å². The molecule has 0 saturated carbocycles. The highest BCUT2D eigenvalue weighted by Crippen LogP contribution is 2.38. The number of halogens is 3. The first-order valence-corrected chi connectivity index (χ1v) is 14.8. The summed E-state index contributed by atoms with van der Waals surface area (Å²) in [4.78, 5) is 64.5. The average molecular weight is 675 g/mol. The molecule has 4 atom stereocenters. The minimum atomic E-state index is -2.04. The van der Waals surface area contributed by atoms with Crippen LogP contribution in [0.4, 0.5) is 10.5 Å². The highest BCUT2D eigenvalue weighted by molar-refractivity contribution is 7.86. The number of nitro benzene ring substituents is 1. The van der Waals surface area contributed by atoms with E-state index in [9.17, 15) is 33.5 Å². The SMILES string of the molecule is C=C1CS(=O)[C@H]2C(N(C(=O)COc3ccccc3)C(=O)OCC(Cl)(Cl)Cl)C(=O)N2C1C(=O)OCc1ccc([N+](=O)[O-])cc1. The number of non-ortho nitro benzene ring substituents is 1. The summed E-state index contributed by atoms with van der Waals surface area (Å²) >= 11 is 17.0. The molecule has 3 amide bonds. The zero-order chi connectivity index (χ0) is 31.5. The Morgan fingerprint density at radius 2 is 1.74 bits per heavy atom. The molecule has 43 heavy (non-hydrogen) atoms. The van der Waals surface area contributed by atoms with Crippen LogP contribution in [0.3, 0.4) is 0 Å². The van der Waals surface area contributed by atoms with Crippen LogP contribution in [-0.2, 0) is 41.3 Å². The van der Waals surface area contributed by atoms with E-state index in [0.29, 0.717) is 16.2 Å². The van der Waals surface area contributed by atoms with Crippen LogP contribution >= 0.6 is 34.8 Å². The zero-order valence-corrected chi connectivity index (χ0v) is 25.0. The predicted molar refractivity (Wildman–Crippen MR) is 154 cm³/mol. The van der Waals surface area contributed by atoms with E-state index in [1.54, 1.807) is 30.3 Å². The van der Waals surface area contributed by atoms with Gasteiger partial charge >= 0.3 is 12.1 Å². The van der Waals surface area contributed by atoms with E-state index in [0.717, 1.165) is 4.90 Å². The number of amides is 3. The second-order valence-electron chi connectivity index (χ2n) is 9.23. The number of carbonyl (C=O) groups excluding carboxylic acids is 4. The Hall–Kier alpha value is -3.72. The van der Waals surface area contributed by atoms with Gasteiger partial charge in [0.15, 0.2) is 18.7 Å². The molecule has 13 nitrogen and oxygen atoms in total. The van der Waals surface area contributed by atoms with Gasteiger partial charge in [0.05, 0.1) is 15.7 Å². The number of nitro groups is 1. The van der Waals surface area contributed by atoms with Crippen molar-refractivity contribution in [3.05, 3.63) is 82.4 Å². The lowest BCUT2D eigenvalue weighted by atomic mass is 9.97. The van der Waals surface area contributed by atoms with E-state index in [-0.39, 0.29) is 23.6 Å². The maximum Gasteiger partial charge on any atom is 0.417 e. The number of esters is 1.